The summed E-state index contributed by atoms with van der Waals surface area (Å²) in [5, 5.41) is 0. The Labute approximate surface area is 155 Å². The van der Waals surface area contributed by atoms with Crippen molar-refractivity contribution in [3.63, 3.8) is 0 Å². The average Bonchev–Trinajstić information content (AvgIpc) is 2.72. The maximum Gasteiger partial charge on any atom is 0.269 e. The maximum absolute atomic E-state index is 13.7. The topological polar surface area (TPSA) is 72.5 Å². The van der Waals surface area contributed by atoms with Crippen LogP contribution in [0.3, 0.4) is 0 Å². The number of methoxy groups -OCH3 is 2. The van der Waals surface area contributed by atoms with Crippen LogP contribution in [-0.4, -0.2) is 25.1 Å². The summed E-state index contributed by atoms with van der Waals surface area (Å²) >= 11 is 0. The third-order valence-electron chi connectivity index (χ3n) is 3.86. The standard InChI is InChI=1S/C20H18FN3O3/c1-26-18-9-4-3-8-16(18)13-6-5-7-14(10-13)19(25)24-23-15-11-17(21)20(27-2)22-12-15/h3-12,23H,1-2H3,(H,24,25). The first-order valence-corrected chi connectivity index (χ1v) is 8.11. The number of aromatic nitrogens is 1. The van der Waals surface area contributed by atoms with E-state index in [4.69, 9.17) is 9.47 Å². The molecule has 1 amide bonds. The van der Waals surface area contributed by atoms with Gasteiger partial charge >= 0.3 is 0 Å². The van der Waals surface area contributed by atoms with E-state index in [1.807, 2.05) is 30.3 Å². The lowest BCUT2D eigenvalue weighted by Crippen LogP contribution is -2.29. The molecule has 2 aromatic carbocycles. The summed E-state index contributed by atoms with van der Waals surface area (Å²) in [6.45, 7) is 0. The molecule has 2 N–H and O–H groups in total. The molecule has 27 heavy (non-hydrogen) atoms. The largest absolute Gasteiger partial charge is 0.496 e. The molecule has 0 bridgehead atoms. The second-order valence-corrected chi connectivity index (χ2v) is 5.58. The van der Waals surface area contributed by atoms with Gasteiger partial charge < -0.3 is 9.47 Å². The van der Waals surface area contributed by atoms with E-state index in [1.54, 1.807) is 25.3 Å². The minimum Gasteiger partial charge on any atom is -0.496 e. The Kier molecular flexibility index (Phi) is 5.51. The monoisotopic (exact) mass is 367 g/mol. The molecule has 0 unspecified atom stereocenters. The summed E-state index contributed by atoms with van der Waals surface area (Å²) in [6, 6.07) is 15.8. The molecule has 3 aromatic rings. The van der Waals surface area contributed by atoms with E-state index >= 15 is 0 Å². The third-order valence-corrected chi connectivity index (χ3v) is 3.86. The highest BCUT2D eigenvalue weighted by Gasteiger charge is 2.10. The number of pyridine rings is 1. The number of hydrogen-bond donors (Lipinski definition) is 2. The molecule has 0 atom stereocenters. The van der Waals surface area contributed by atoms with Gasteiger partial charge in [0.1, 0.15) is 5.75 Å². The van der Waals surface area contributed by atoms with Crippen molar-refractivity contribution in [2.75, 3.05) is 19.6 Å². The Morgan fingerprint density at radius 2 is 1.85 bits per heavy atom. The first-order valence-electron chi connectivity index (χ1n) is 8.11. The number of hydrazine groups is 1. The van der Waals surface area contributed by atoms with Crippen molar-refractivity contribution in [1.29, 1.82) is 0 Å². The summed E-state index contributed by atoms with van der Waals surface area (Å²) in [5.41, 5.74) is 7.61. The van der Waals surface area contributed by atoms with Crippen LogP contribution in [0.5, 0.6) is 11.6 Å². The van der Waals surface area contributed by atoms with Crippen LogP contribution in [0.1, 0.15) is 10.4 Å². The van der Waals surface area contributed by atoms with Crippen LogP contribution in [-0.2, 0) is 0 Å². The van der Waals surface area contributed by atoms with Gasteiger partial charge in [0.25, 0.3) is 5.91 Å². The quantitative estimate of drug-likeness (QED) is 0.651. The lowest BCUT2D eigenvalue weighted by molar-refractivity contribution is 0.0962. The lowest BCUT2D eigenvalue weighted by Gasteiger charge is -2.11. The van der Waals surface area contributed by atoms with E-state index in [2.05, 4.69) is 15.8 Å². The Morgan fingerprint density at radius 3 is 2.59 bits per heavy atom. The van der Waals surface area contributed by atoms with E-state index < -0.39 is 5.82 Å². The van der Waals surface area contributed by atoms with Crippen LogP contribution < -0.4 is 20.3 Å². The zero-order valence-corrected chi connectivity index (χ0v) is 14.8. The fourth-order valence-corrected chi connectivity index (χ4v) is 2.56. The Morgan fingerprint density at radius 1 is 1.04 bits per heavy atom. The summed E-state index contributed by atoms with van der Waals surface area (Å²) in [4.78, 5) is 16.2. The first kappa shape index (κ1) is 18.2. The van der Waals surface area contributed by atoms with Crippen LogP contribution in [0, 0.1) is 5.82 Å². The third kappa shape index (κ3) is 4.14. The molecule has 0 aliphatic rings. The molecule has 0 saturated carbocycles. The highest BCUT2D eigenvalue weighted by atomic mass is 19.1. The normalized spacial score (nSPS) is 10.2. The molecule has 0 fully saturated rings. The van der Waals surface area contributed by atoms with Gasteiger partial charge in [-0.05, 0) is 23.8 Å². The van der Waals surface area contributed by atoms with Crippen molar-refractivity contribution < 1.29 is 18.7 Å². The van der Waals surface area contributed by atoms with Gasteiger partial charge in [0, 0.05) is 17.2 Å². The number of amides is 1. The second-order valence-electron chi connectivity index (χ2n) is 5.58. The van der Waals surface area contributed by atoms with Gasteiger partial charge in [-0.3, -0.25) is 15.6 Å². The Hall–Kier alpha value is -3.61. The first-order chi connectivity index (χ1) is 13.1. The predicted octanol–water partition coefficient (Wildman–Crippen LogP) is 3.66. The van der Waals surface area contributed by atoms with Gasteiger partial charge in [0.15, 0.2) is 5.82 Å². The second kappa shape index (κ2) is 8.18. The Balaban J connectivity index is 1.75. The van der Waals surface area contributed by atoms with Crippen molar-refractivity contribution in [2.45, 2.75) is 0 Å². The van der Waals surface area contributed by atoms with Crippen molar-refractivity contribution >= 4 is 11.6 Å². The van der Waals surface area contributed by atoms with Gasteiger partial charge in [-0.15, -0.1) is 0 Å². The number of ether oxygens (including phenoxy) is 2. The molecule has 0 aliphatic heterocycles. The number of nitrogens with zero attached hydrogens (tertiary/aromatic N) is 1. The Bertz CT molecular complexity index is 963. The number of carbonyl (C=O) groups excluding carboxylic acids is 1. The highest BCUT2D eigenvalue weighted by molar-refractivity contribution is 5.96. The van der Waals surface area contributed by atoms with E-state index in [-0.39, 0.29) is 11.8 Å². The number of carbonyl (C=O) groups is 1. The van der Waals surface area contributed by atoms with E-state index in [1.165, 1.54) is 19.4 Å². The molecule has 0 spiro atoms. The maximum atomic E-state index is 13.7. The smallest absolute Gasteiger partial charge is 0.269 e. The van der Waals surface area contributed by atoms with E-state index in [0.717, 1.165) is 11.1 Å². The van der Waals surface area contributed by atoms with Crippen molar-refractivity contribution in [3.8, 4) is 22.8 Å². The van der Waals surface area contributed by atoms with Crippen LogP contribution in [0.4, 0.5) is 10.1 Å². The fourth-order valence-electron chi connectivity index (χ4n) is 2.56. The number of anilines is 1. The van der Waals surface area contributed by atoms with Crippen molar-refractivity contribution in [3.05, 3.63) is 72.2 Å². The van der Waals surface area contributed by atoms with Gasteiger partial charge in [-0.1, -0.05) is 30.3 Å². The van der Waals surface area contributed by atoms with Gasteiger partial charge in [-0.25, -0.2) is 9.37 Å². The average molecular weight is 367 g/mol. The van der Waals surface area contributed by atoms with Crippen LogP contribution >= 0.6 is 0 Å². The zero-order chi connectivity index (χ0) is 19.2. The predicted molar refractivity (Wildman–Crippen MR) is 100 cm³/mol. The molecule has 1 heterocycles. The highest BCUT2D eigenvalue weighted by Crippen LogP contribution is 2.29. The van der Waals surface area contributed by atoms with E-state index in [9.17, 15) is 9.18 Å². The minimum absolute atomic E-state index is 0.114. The van der Waals surface area contributed by atoms with Gasteiger partial charge in [-0.2, -0.15) is 0 Å². The van der Waals surface area contributed by atoms with Crippen LogP contribution in [0.15, 0.2) is 60.8 Å². The molecule has 0 radical (unpaired) electrons. The number of nitrogens with one attached hydrogen (secondary N) is 2. The van der Waals surface area contributed by atoms with Crippen molar-refractivity contribution in [1.82, 2.24) is 10.4 Å². The molecular formula is C20H18FN3O3. The van der Waals surface area contributed by atoms with E-state index in [0.29, 0.717) is 17.0 Å². The molecule has 138 valence electrons. The minimum atomic E-state index is -0.630. The molecule has 1 aromatic heterocycles. The van der Waals surface area contributed by atoms with Gasteiger partial charge in [0.05, 0.1) is 26.1 Å². The number of rotatable bonds is 6. The fraction of sp³-hybridized carbons (Fsp3) is 0.100. The zero-order valence-electron chi connectivity index (χ0n) is 14.8. The number of halogens is 1. The molecule has 3 rings (SSSR count). The summed E-state index contributed by atoms with van der Waals surface area (Å²) in [5.74, 6) is -0.401. The summed E-state index contributed by atoms with van der Waals surface area (Å²) in [6.07, 6.45) is 1.35. The molecule has 0 saturated heterocycles. The van der Waals surface area contributed by atoms with Crippen LogP contribution in [0.2, 0.25) is 0 Å². The SMILES string of the molecule is COc1ccccc1-c1cccc(C(=O)NNc2cnc(OC)c(F)c2)c1. The lowest BCUT2D eigenvalue weighted by atomic mass is 10.0. The molecule has 6 nitrogen and oxygen atoms in total. The number of hydrogen-bond acceptors (Lipinski definition) is 5. The number of para-hydroxylation sites is 1. The summed E-state index contributed by atoms with van der Waals surface area (Å²) < 4.78 is 23.8. The van der Waals surface area contributed by atoms with Crippen LogP contribution in [0.25, 0.3) is 11.1 Å². The van der Waals surface area contributed by atoms with Gasteiger partial charge in [0.2, 0.25) is 5.88 Å². The summed E-state index contributed by atoms with van der Waals surface area (Å²) in [7, 11) is 2.93. The molecule has 7 heteroatoms. The molecular weight excluding hydrogens is 349 g/mol. The van der Waals surface area contributed by atoms with Crippen molar-refractivity contribution in [2.24, 2.45) is 0 Å². The molecule has 0 aliphatic carbocycles. The number of benzene rings is 2.